The van der Waals surface area contributed by atoms with Gasteiger partial charge in [-0.25, -0.2) is 4.21 Å². The van der Waals surface area contributed by atoms with E-state index >= 15 is 0 Å². The molecule has 0 aromatic carbocycles. The number of hydrogen-bond acceptors (Lipinski definition) is 4. The van der Waals surface area contributed by atoms with Crippen LogP contribution in [0.2, 0.25) is 0 Å². The standard InChI is InChI=1S/C11H19N3O3S/c1-18(2,17)12-10(15)8-13-5-6-14-9(7-13)3-4-11(14)16/h9H,3-8H2,1-2H3. The molecule has 0 bridgehead atoms. The molecule has 2 fully saturated rings. The van der Waals surface area contributed by atoms with Gasteiger partial charge >= 0.3 is 0 Å². The summed E-state index contributed by atoms with van der Waals surface area (Å²) in [6.45, 7) is 2.31. The zero-order valence-corrected chi connectivity index (χ0v) is 11.6. The molecule has 1 unspecified atom stereocenters. The van der Waals surface area contributed by atoms with Crippen molar-refractivity contribution >= 4 is 21.5 Å². The number of carbonyl (C=O) groups excluding carboxylic acids is 2. The molecule has 0 radical (unpaired) electrons. The fraction of sp³-hybridized carbons (Fsp3) is 0.818. The van der Waals surface area contributed by atoms with E-state index in [-0.39, 0.29) is 24.4 Å². The van der Waals surface area contributed by atoms with Crippen LogP contribution in [0.4, 0.5) is 0 Å². The van der Waals surface area contributed by atoms with Crippen LogP contribution in [0.15, 0.2) is 4.36 Å². The van der Waals surface area contributed by atoms with Crippen LogP contribution in [0.25, 0.3) is 0 Å². The number of amides is 2. The summed E-state index contributed by atoms with van der Waals surface area (Å²) < 4.78 is 15.1. The van der Waals surface area contributed by atoms with E-state index in [2.05, 4.69) is 4.36 Å². The molecular weight excluding hydrogens is 254 g/mol. The van der Waals surface area contributed by atoms with Crippen molar-refractivity contribution in [3.05, 3.63) is 0 Å². The summed E-state index contributed by atoms with van der Waals surface area (Å²) >= 11 is 0. The molecule has 0 aromatic rings. The summed E-state index contributed by atoms with van der Waals surface area (Å²) in [6.07, 6.45) is 4.41. The van der Waals surface area contributed by atoms with Crippen molar-refractivity contribution in [2.24, 2.45) is 4.36 Å². The van der Waals surface area contributed by atoms with Crippen LogP contribution in [0.3, 0.4) is 0 Å². The first-order valence-corrected chi connectivity index (χ1v) is 8.40. The number of piperazine rings is 1. The van der Waals surface area contributed by atoms with Gasteiger partial charge in [-0.15, -0.1) is 0 Å². The van der Waals surface area contributed by atoms with Gasteiger partial charge in [0.15, 0.2) is 0 Å². The number of hydrogen-bond donors (Lipinski definition) is 0. The number of nitrogens with zero attached hydrogens (tertiary/aromatic N) is 3. The van der Waals surface area contributed by atoms with Gasteiger partial charge in [0.1, 0.15) is 0 Å². The van der Waals surface area contributed by atoms with E-state index in [1.165, 1.54) is 12.5 Å². The lowest BCUT2D eigenvalue weighted by Crippen LogP contribution is -2.52. The Bertz CT molecular complexity index is 474. The van der Waals surface area contributed by atoms with E-state index < -0.39 is 9.73 Å². The van der Waals surface area contributed by atoms with Crippen molar-refractivity contribution < 1.29 is 13.8 Å². The SMILES string of the molecule is CS(C)(=O)=NC(=O)CN1CCN2C(=O)CCC2C1. The third kappa shape index (κ3) is 3.29. The van der Waals surface area contributed by atoms with Crippen LogP contribution in [-0.2, 0) is 19.3 Å². The Balaban J connectivity index is 1.92. The predicted octanol–water partition coefficient (Wildman–Crippen LogP) is -0.453. The Hall–Kier alpha value is -0.950. The van der Waals surface area contributed by atoms with Crippen LogP contribution in [0.1, 0.15) is 12.8 Å². The molecular formula is C11H19N3O3S. The van der Waals surface area contributed by atoms with Crippen molar-refractivity contribution in [2.75, 3.05) is 38.7 Å². The van der Waals surface area contributed by atoms with E-state index in [1.807, 2.05) is 9.80 Å². The van der Waals surface area contributed by atoms with Gasteiger partial charge in [0.05, 0.1) is 6.54 Å². The van der Waals surface area contributed by atoms with Gasteiger partial charge in [-0.2, -0.15) is 4.36 Å². The highest BCUT2D eigenvalue weighted by Gasteiger charge is 2.35. The minimum atomic E-state index is -2.37. The molecule has 2 saturated heterocycles. The average Bonchev–Trinajstić information content (AvgIpc) is 2.57. The average molecular weight is 273 g/mol. The van der Waals surface area contributed by atoms with Gasteiger partial charge in [-0.3, -0.25) is 14.5 Å². The summed E-state index contributed by atoms with van der Waals surface area (Å²) in [5, 5.41) is 0. The van der Waals surface area contributed by atoms with Crippen molar-refractivity contribution in [3.63, 3.8) is 0 Å². The van der Waals surface area contributed by atoms with E-state index in [0.29, 0.717) is 19.5 Å². The second-order valence-corrected chi connectivity index (χ2v) is 7.73. The monoisotopic (exact) mass is 273 g/mol. The van der Waals surface area contributed by atoms with Crippen molar-refractivity contribution in [3.8, 4) is 0 Å². The van der Waals surface area contributed by atoms with Gasteiger partial charge in [0, 0.05) is 54.3 Å². The summed E-state index contributed by atoms with van der Waals surface area (Å²) in [7, 11) is -2.37. The molecule has 102 valence electrons. The molecule has 0 saturated carbocycles. The topological polar surface area (TPSA) is 70.1 Å². The maximum Gasteiger partial charge on any atom is 0.267 e. The molecule has 0 aromatic heterocycles. The zero-order valence-electron chi connectivity index (χ0n) is 10.8. The first-order chi connectivity index (χ1) is 8.35. The Morgan fingerprint density at radius 2 is 2.17 bits per heavy atom. The normalized spacial score (nSPS) is 25.1. The van der Waals surface area contributed by atoms with Gasteiger partial charge in [0.25, 0.3) is 5.91 Å². The van der Waals surface area contributed by atoms with E-state index in [9.17, 15) is 13.8 Å². The minimum Gasteiger partial charge on any atom is -0.337 e. The lowest BCUT2D eigenvalue weighted by Gasteiger charge is -2.36. The lowest BCUT2D eigenvalue weighted by molar-refractivity contribution is -0.130. The molecule has 2 heterocycles. The largest absolute Gasteiger partial charge is 0.337 e. The Kier molecular flexibility index (Phi) is 3.72. The molecule has 2 aliphatic heterocycles. The maximum atomic E-state index is 11.6. The highest BCUT2D eigenvalue weighted by Crippen LogP contribution is 2.22. The van der Waals surface area contributed by atoms with Gasteiger partial charge in [-0.1, -0.05) is 0 Å². The fourth-order valence-corrected chi connectivity index (χ4v) is 3.09. The number of fused-ring (bicyclic) bond motifs is 1. The van der Waals surface area contributed by atoms with Crippen LogP contribution in [0.5, 0.6) is 0 Å². The molecule has 0 spiro atoms. The number of carbonyl (C=O) groups is 2. The number of rotatable bonds is 2. The van der Waals surface area contributed by atoms with Crippen LogP contribution >= 0.6 is 0 Å². The predicted molar refractivity (Wildman–Crippen MR) is 68.6 cm³/mol. The first-order valence-electron chi connectivity index (χ1n) is 6.07. The highest BCUT2D eigenvalue weighted by atomic mass is 32.2. The smallest absolute Gasteiger partial charge is 0.267 e. The summed E-state index contributed by atoms with van der Waals surface area (Å²) in [5.41, 5.74) is 0. The minimum absolute atomic E-state index is 0.206. The fourth-order valence-electron chi connectivity index (χ4n) is 2.54. The Morgan fingerprint density at radius 1 is 1.44 bits per heavy atom. The summed E-state index contributed by atoms with van der Waals surface area (Å²) in [6, 6.07) is 0.242. The first kappa shape index (κ1) is 13.5. The Morgan fingerprint density at radius 3 is 2.83 bits per heavy atom. The molecule has 6 nitrogen and oxygen atoms in total. The molecule has 18 heavy (non-hydrogen) atoms. The van der Waals surface area contributed by atoms with E-state index in [4.69, 9.17) is 0 Å². The van der Waals surface area contributed by atoms with Gasteiger partial charge < -0.3 is 4.90 Å². The van der Waals surface area contributed by atoms with E-state index in [0.717, 1.165) is 13.0 Å². The molecule has 2 rings (SSSR count). The third-order valence-electron chi connectivity index (χ3n) is 3.26. The summed E-state index contributed by atoms with van der Waals surface area (Å²) in [4.78, 5) is 27.0. The second kappa shape index (κ2) is 4.97. The lowest BCUT2D eigenvalue weighted by atomic mass is 10.1. The third-order valence-corrected chi connectivity index (χ3v) is 3.90. The molecule has 2 amide bonds. The van der Waals surface area contributed by atoms with Crippen LogP contribution in [-0.4, -0.2) is 70.6 Å². The molecule has 0 aliphatic carbocycles. The van der Waals surface area contributed by atoms with Crippen molar-refractivity contribution in [1.82, 2.24) is 9.80 Å². The van der Waals surface area contributed by atoms with Crippen molar-refractivity contribution in [2.45, 2.75) is 18.9 Å². The molecule has 2 aliphatic rings. The Labute approximate surface area is 107 Å². The molecule has 7 heteroatoms. The van der Waals surface area contributed by atoms with Gasteiger partial charge in [0.2, 0.25) is 5.91 Å². The molecule has 1 atom stereocenters. The quantitative estimate of drug-likeness (QED) is 0.683. The zero-order chi connectivity index (χ0) is 13.3. The van der Waals surface area contributed by atoms with Gasteiger partial charge in [-0.05, 0) is 6.42 Å². The van der Waals surface area contributed by atoms with E-state index in [1.54, 1.807) is 0 Å². The van der Waals surface area contributed by atoms with Crippen LogP contribution < -0.4 is 0 Å². The second-order valence-electron chi connectivity index (χ2n) is 5.18. The van der Waals surface area contributed by atoms with Crippen molar-refractivity contribution in [1.29, 1.82) is 0 Å². The maximum absolute atomic E-state index is 11.6. The van der Waals surface area contributed by atoms with Crippen LogP contribution in [0, 0.1) is 0 Å². The molecule has 0 N–H and O–H groups in total. The summed E-state index contributed by atoms with van der Waals surface area (Å²) in [5.74, 6) is -0.108. The highest BCUT2D eigenvalue weighted by molar-refractivity contribution is 7.92.